The van der Waals surface area contributed by atoms with Gasteiger partial charge in [-0.2, -0.15) is 0 Å². The number of thiazole rings is 1. The lowest BCUT2D eigenvalue weighted by Crippen LogP contribution is -2.25. The normalized spacial score (nSPS) is 10.6. The van der Waals surface area contributed by atoms with Crippen molar-refractivity contribution in [3.05, 3.63) is 45.9 Å². The summed E-state index contributed by atoms with van der Waals surface area (Å²) >= 11 is 9.21. The molecule has 0 aliphatic carbocycles. The Morgan fingerprint density at radius 3 is 3.10 bits per heavy atom. The Balaban J connectivity index is 1.84. The standard InChI is InChI=1S/C15H17ClN2OS2/c1-2-6-17-14(19)8-13-10-21-15(18-13)20-9-11-4-3-5-12(16)7-11/h3-5,7,10H,2,6,8-9H2,1H3,(H,17,19). The van der Waals surface area contributed by atoms with E-state index in [1.54, 1.807) is 23.1 Å². The van der Waals surface area contributed by atoms with Crippen LogP contribution in [0.15, 0.2) is 34.0 Å². The molecule has 21 heavy (non-hydrogen) atoms. The number of hydrogen-bond acceptors (Lipinski definition) is 4. The van der Waals surface area contributed by atoms with E-state index in [0.29, 0.717) is 6.42 Å². The van der Waals surface area contributed by atoms with Gasteiger partial charge in [0.2, 0.25) is 5.91 Å². The molecular formula is C15H17ClN2OS2. The molecule has 1 heterocycles. The third kappa shape index (κ3) is 5.69. The molecule has 2 aromatic rings. The second kappa shape index (κ2) is 8.41. The zero-order chi connectivity index (χ0) is 15.1. The highest BCUT2D eigenvalue weighted by atomic mass is 35.5. The lowest BCUT2D eigenvalue weighted by molar-refractivity contribution is -0.120. The highest BCUT2D eigenvalue weighted by Crippen LogP contribution is 2.27. The van der Waals surface area contributed by atoms with Gasteiger partial charge in [0.25, 0.3) is 0 Å². The molecule has 0 spiro atoms. The van der Waals surface area contributed by atoms with Crippen LogP contribution >= 0.6 is 34.7 Å². The van der Waals surface area contributed by atoms with E-state index in [2.05, 4.69) is 10.3 Å². The van der Waals surface area contributed by atoms with E-state index in [-0.39, 0.29) is 5.91 Å². The van der Waals surface area contributed by atoms with Gasteiger partial charge in [-0.25, -0.2) is 4.98 Å². The number of nitrogens with one attached hydrogen (secondary N) is 1. The minimum Gasteiger partial charge on any atom is -0.356 e. The van der Waals surface area contributed by atoms with E-state index < -0.39 is 0 Å². The summed E-state index contributed by atoms with van der Waals surface area (Å²) < 4.78 is 0.980. The Kier molecular flexibility index (Phi) is 6.54. The topological polar surface area (TPSA) is 42.0 Å². The highest BCUT2D eigenvalue weighted by molar-refractivity contribution is 8.00. The molecule has 1 aromatic carbocycles. The van der Waals surface area contributed by atoms with E-state index in [4.69, 9.17) is 11.6 Å². The molecule has 0 fully saturated rings. The van der Waals surface area contributed by atoms with Crippen LogP contribution in [0.4, 0.5) is 0 Å². The van der Waals surface area contributed by atoms with Crippen LogP contribution < -0.4 is 5.32 Å². The lowest BCUT2D eigenvalue weighted by Gasteiger charge is -2.01. The number of aromatic nitrogens is 1. The van der Waals surface area contributed by atoms with Crippen molar-refractivity contribution in [2.75, 3.05) is 6.54 Å². The van der Waals surface area contributed by atoms with Gasteiger partial charge in [0.15, 0.2) is 0 Å². The van der Waals surface area contributed by atoms with Crippen LogP contribution in [-0.4, -0.2) is 17.4 Å². The molecule has 0 atom stereocenters. The lowest BCUT2D eigenvalue weighted by atomic mass is 10.2. The van der Waals surface area contributed by atoms with Crippen LogP contribution in [0.2, 0.25) is 5.02 Å². The van der Waals surface area contributed by atoms with Gasteiger partial charge < -0.3 is 5.32 Å². The van der Waals surface area contributed by atoms with Crippen LogP contribution in [-0.2, 0) is 17.0 Å². The quantitative estimate of drug-likeness (QED) is 0.769. The Labute approximate surface area is 138 Å². The highest BCUT2D eigenvalue weighted by Gasteiger charge is 2.08. The molecule has 0 saturated carbocycles. The summed E-state index contributed by atoms with van der Waals surface area (Å²) in [5.41, 5.74) is 2.01. The average molecular weight is 341 g/mol. The number of carbonyl (C=O) groups excluding carboxylic acids is 1. The minimum absolute atomic E-state index is 0.0357. The molecular weight excluding hydrogens is 324 g/mol. The summed E-state index contributed by atoms with van der Waals surface area (Å²) in [4.78, 5) is 16.1. The van der Waals surface area contributed by atoms with Crippen molar-refractivity contribution >= 4 is 40.6 Å². The number of halogens is 1. The van der Waals surface area contributed by atoms with Gasteiger partial charge >= 0.3 is 0 Å². The fourth-order valence-electron chi connectivity index (χ4n) is 1.70. The van der Waals surface area contributed by atoms with Gasteiger partial charge in [0.05, 0.1) is 12.1 Å². The third-order valence-electron chi connectivity index (χ3n) is 2.70. The van der Waals surface area contributed by atoms with Crippen molar-refractivity contribution in [1.29, 1.82) is 0 Å². The average Bonchev–Trinajstić information content (AvgIpc) is 2.90. The van der Waals surface area contributed by atoms with Crippen LogP contribution in [0, 0.1) is 0 Å². The molecule has 3 nitrogen and oxygen atoms in total. The minimum atomic E-state index is 0.0357. The van der Waals surface area contributed by atoms with Crippen molar-refractivity contribution in [1.82, 2.24) is 10.3 Å². The summed E-state index contributed by atoms with van der Waals surface area (Å²) in [6, 6.07) is 7.82. The summed E-state index contributed by atoms with van der Waals surface area (Å²) in [5.74, 6) is 0.865. The Bertz CT molecular complexity index is 601. The molecule has 0 bridgehead atoms. The number of hydrogen-bond donors (Lipinski definition) is 1. The summed E-state index contributed by atoms with van der Waals surface area (Å²) in [7, 11) is 0. The van der Waals surface area contributed by atoms with Gasteiger partial charge in [0.1, 0.15) is 4.34 Å². The molecule has 0 saturated heterocycles. The number of amides is 1. The molecule has 0 aliphatic rings. The first-order chi connectivity index (χ1) is 10.2. The van der Waals surface area contributed by atoms with Crippen LogP contribution in [0.3, 0.4) is 0 Å². The van der Waals surface area contributed by atoms with Crippen molar-refractivity contribution in [3.8, 4) is 0 Å². The fraction of sp³-hybridized carbons (Fsp3) is 0.333. The predicted octanol–water partition coefficient (Wildman–Crippen LogP) is 4.16. The van der Waals surface area contributed by atoms with Gasteiger partial charge in [0, 0.05) is 22.7 Å². The first-order valence-electron chi connectivity index (χ1n) is 6.75. The van der Waals surface area contributed by atoms with E-state index in [1.807, 2.05) is 36.6 Å². The number of carbonyl (C=O) groups is 1. The van der Waals surface area contributed by atoms with E-state index in [9.17, 15) is 4.79 Å². The zero-order valence-corrected chi connectivity index (χ0v) is 14.2. The van der Waals surface area contributed by atoms with Gasteiger partial charge in [-0.1, -0.05) is 42.4 Å². The third-order valence-corrected chi connectivity index (χ3v) is 5.07. The molecule has 1 aromatic heterocycles. The Morgan fingerprint density at radius 2 is 2.33 bits per heavy atom. The molecule has 2 rings (SSSR count). The molecule has 0 aliphatic heterocycles. The van der Waals surface area contributed by atoms with Gasteiger partial charge in [-0.15, -0.1) is 11.3 Å². The molecule has 1 N–H and O–H groups in total. The van der Waals surface area contributed by atoms with E-state index >= 15 is 0 Å². The van der Waals surface area contributed by atoms with Crippen LogP contribution in [0.5, 0.6) is 0 Å². The first kappa shape index (κ1) is 16.3. The van der Waals surface area contributed by atoms with Crippen molar-refractivity contribution < 1.29 is 4.79 Å². The predicted molar refractivity (Wildman–Crippen MR) is 90.1 cm³/mol. The smallest absolute Gasteiger partial charge is 0.226 e. The fourth-order valence-corrected chi connectivity index (χ4v) is 3.70. The van der Waals surface area contributed by atoms with E-state index in [1.165, 1.54) is 5.56 Å². The van der Waals surface area contributed by atoms with E-state index in [0.717, 1.165) is 33.8 Å². The van der Waals surface area contributed by atoms with Crippen molar-refractivity contribution in [2.24, 2.45) is 0 Å². The number of nitrogens with zero attached hydrogens (tertiary/aromatic N) is 1. The number of thioether (sulfide) groups is 1. The van der Waals surface area contributed by atoms with Crippen LogP contribution in [0.25, 0.3) is 0 Å². The van der Waals surface area contributed by atoms with Gasteiger partial charge in [-0.05, 0) is 24.1 Å². The second-order valence-corrected chi connectivity index (χ2v) is 7.07. The molecule has 0 radical (unpaired) electrons. The largest absolute Gasteiger partial charge is 0.356 e. The molecule has 0 unspecified atom stereocenters. The maximum Gasteiger partial charge on any atom is 0.226 e. The molecule has 6 heteroatoms. The van der Waals surface area contributed by atoms with Crippen molar-refractivity contribution in [2.45, 2.75) is 29.9 Å². The Morgan fingerprint density at radius 1 is 1.48 bits per heavy atom. The summed E-state index contributed by atoms with van der Waals surface area (Å²) in [6.07, 6.45) is 1.30. The SMILES string of the molecule is CCCNC(=O)Cc1csc(SCc2cccc(Cl)c2)n1. The zero-order valence-electron chi connectivity index (χ0n) is 11.8. The maximum atomic E-state index is 11.6. The number of benzene rings is 1. The summed E-state index contributed by atoms with van der Waals surface area (Å²) in [5, 5.41) is 5.56. The molecule has 112 valence electrons. The first-order valence-corrected chi connectivity index (χ1v) is 9.00. The molecule has 1 amide bonds. The maximum absolute atomic E-state index is 11.6. The second-order valence-electron chi connectivity index (χ2n) is 4.55. The Hall–Kier alpha value is -1.04. The van der Waals surface area contributed by atoms with Crippen LogP contribution in [0.1, 0.15) is 24.6 Å². The van der Waals surface area contributed by atoms with Crippen molar-refractivity contribution in [3.63, 3.8) is 0 Å². The van der Waals surface area contributed by atoms with Gasteiger partial charge in [-0.3, -0.25) is 4.79 Å². The summed E-state index contributed by atoms with van der Waals surface area (Å²) in [6.45, 7) is 2.76. The monoisotopic (exact) mass is 340 g/mol. The number of rotatable bonds is 7.